The van der Waals surface area contributed by atoms with Crippen molar-refractivity contribution in [2.24, 2.45) is 0 Å². The number of nitriles is 1. The van der Waals surface area contributed by atoms with Crippen molar-refractivity contribution in [2.75, 3.05) is 11.5 Å². The van der Waals surface area contributed by atoms with Crippen LogP contribution in [0.4, 0.5) is 11.8 Å². The van der Waals surface area contributed by atoms with Gasteiger partial charge in [0.05, 0.1) is 22.9 Å². The molecule has 0 aliphatic carbocycles. The first-order chi connectivity index (χ1) is 12.1. The topological polar surface area (TPSA) is 122 Å². The molecule has 0 aliphatic heterocycles. The van der Waals surface area contributed by atoms with E-state index in [1.165, 1.54) is 6.07 Å². The summed E-state index contributed by atoms with van der Waals surface area (Å²) in [5, 5.41) is 18.6. The molecule has 3 rings (SSSR count). The Bertz CT molecular complexity index is 1060. The molecule has 0 amide bonds. The second-order valence-electron chi connectivity index (χ2n) is 5.18. The van der Waals surface area contributed by atoms with Crippen LogP contribution in [0.2, 0.25) is 0 Å². The molecule has 1 aromatic heterocycles. The van der Waals surface area contributed by atoms with E-state index in [-0.39, 0.29) is 17.5 Å². The van der Waals surface area contributed by atoms with Gasteiger partial charge in [0, 0.05) is 11.1 Å². The number of aromatic hydroxyl groups is 1. The molecule has 5 N–H and O–H groups in total. The Hall–Kier alpha value is -4.03. The fourth-order valence-corrected chi connectivity index (χ4v) is 2.28. The third kappa shape index (κ3) is 3.49. The minimum absolute atomic E-state index is 0.0257. The van der Waals surface area contributed by atoms with Crippen molar-refractivity contribution >= 4 is 11.8 Å². The van der Waals surface area contributed by atoms with Crippen LogP contribution in [0.3, 0.4) is 0 Å². The lowest BCUT2D eigenvalue weighted by Gasteiger charge is -2.08. The maximum atomic E-state index is 9.53. The van der Waals surface area contributed by atoms with Crippen LogP contribution in [0.15, 0.2) is 48.5 Å². The molecule has 120 valence electrons. The molecule has 0 spiro atoms. The molecule has 3 aromatic rings. The summed E-state index contributed by atoms with van der Waals surface area (Å²) in [6.07, 6.45) is 0. The van der Waals surface area contributed by atoms with Gasteiger partial charge in [-0.15, -0.1) is 0 Å². The van der Waals surface area contributed by atoms with Crippen molar-refractivity contribution in [1.29, 1.82) is 5.26 Å². The van der Waals surface area contributed by atoms with Crippen molar-refractivity contribution in [3.05, 3.63) is 65.2 Å². The highest BCUT2D eigenvalue weighted by atomic mass is 16.3. The summed E-state index contributed by atoms with van der Waals surface area (Å²) < 4.78 is 0. The number of phenols is 1. The van der Waals surface area contributed by atoms with Gasteiger partial charge in [-0.05, 0) is 30.3 Å². The van der Waals surface area contributed by atoms with E-state index < -0.39 is 0 Å². The summed E-state index contributed by atoms with van der Waals surface area (Å²) in [5.74, 6) is 6.16. The smallest absolute Gasteiger partial charge is 0.222 e. The van der Waals surface area contributed by atoms with Crippen LogP contribution in [-0.4, -0.2) is 15.1 Å². The number of nitrogens with two attached hydrogens (primary N) is 2. The molecule has 6 heteroatoms. The van der Waals surface area contributed by atoms with E-state index in [1.54, 1.807) is 42.5 Å². The van der Waals surface area contributed by atoms with Crippen LogP contribution in [-0.2, 0) is 0 Å². The van der Waals surface area contributed by atoms with E-state index in [4.69, 9.17) is 16.7 Å². The lowest BCUT2D eigenvalue weighted by Crippen LogP contribution is -2.05. The lowest BCUT2D eigenvalue weighted by atomic mass is 10.0. The standard InChI is InChI=1S/C19H13N5O/c20-11-13-4-1-5-14(9-13)17-16(18(21)24-19(22)23-17)8-7-12-3-2-6-15(25)10-12/h1-6,9-10,25H,(H4,21,22,23,24). The number of rotatable bonds is 1. The van der Waals surface area contributed by atoms with Crippen LogP contribution >= 0.6 is 0 Å². The van der Waals surface area contributed by atoms with Crippen LogP contribution < -0.4 is 11.5 Å². The maximum absolute atomic E-state index is 9.53. The normalized spacial score (nSPS) is 9.72. The second kappa shape index (κ2) is 6.61. The van der Waals surface area contributed by atoms with Crippen LogP contribution in [0.1, 0.15) is 16.7 Å². The highest BCUT2D eigenvalue weighted by molar-refractivity contribution is 5.75. The first kappa shape index (κ1) is 15.9. The summed E-state index contributed by atoms with van der Waals surface area (Å²) in [6.45, 7) is 0. The minimum atomic E-state index is 0.0257. The average molecular weight is 327 g/mol. The zero-order valence-electron chi connectivity index (χ0n) is 13.1. The molecule has 0 bridgehead atoms. The fourth-order valence-electron chi connectivity index (χ4n) is 2.28. The number of hydrogen-bond acceptors (Lipinski definition) is 6. The van der Waals surface area contributed by atoms with Gasteiger partial charge in [-0.3, -0.25) is 0 Å². The van der Waals surface area contributed by atoms with Crippen LogP contribution in [0.25, 0.3) is 11.3 Å². The number of aromatic nitrogens is 2. The van der Waals surface area contributed by atoms with Crippen molar-refractivity contribution in [2.45, 2.75) is 0 Å². The van der Waals surface area contributed by atoms with Gasteiger partial charge in [0.25, 0.3) is 0 Å². The number of hydrogen-bond donors (Lipinski definition) is 3. The van der Waals surface area contributed by atoms with Gasteiger partial charge in [-0.25, -0.2) is 4.98 Å². The summed E-state index contributed by atoms with van der Waals surface area (Å²) in [5.41, 5.74) is 14.3. The monoisotopic (exact) mass is 327 g/mol. The molecular formula is C19H13N5O. The summed E-state index contributed by atoms with van der Waals surface area (Å²) in [7, 11) is 0. The van der Waals surface area contributed by atoms with Crippen molar-refractivity contribution < 1.29 is 5.11 Å². The minimum Gasteiger partial charge on any atom is -0.508 e. The van der Waals surface area contributed by atoms with Gasteiger partial charge in [-0.2, -0.15) is 10.2 Å². The number of phenolic OH excluding ortho intramolecular Hbond substituents is 1. The SMILES string of the molecule is N#Cc1cccc(-c2nc(N)nc(N)c2C#Cc2cccc(O)c2)c1. The Morgan fingerprint density at radius 1 is 0.920 bits per heavy atom. The predicted molar refractivity (Wildman–Crippen MR) is 95.1 cm³/mol. The molecule has 0 saturated carbocycles. The summed E-state index contributed by atoms with van der Waals surface area (Å²) in [6, 6.07) is 15.5. The first-order valence-electron chi connectivity index (χ1n) is 7.31. The van der Waals surface area contributed by atoms with Crippen LogP contribution in [0.5, 0.6) is 5.75 Å². The molecule has 0 saturated heterocycles. The molecule has 0 unspecified atom stereocenters. The first-order valence-corrected chi connectivity index (χ1v) is 7.31. The fraction of sp³-hybridized carbons (Fsp3) is 0. The molecule has 6 nitrogen and oxygen atoms in total. The van der Waals surface area contributed by atoms with Gasteiger partial charge < -0.3 is 16.6 Å². The Labute approximate surface area is 144 Å². The van der Waals surface area contributed by atoms with Gasteiger partial charge in [0.2, 0.25) is 5.95 Å². The quantitative estimate of drug-likeness (QED) is 0.589. The molecule has 1 heterocycles. The van der Waals surface area contributed by atoms with E-state index in [2.05, 4.69) is 27.9 Å². The van der Waals surface area contributed by atoms with E-state index in [0.717, 1.165) is 0 Å². The molecule has 0 atom stereocenters. The Morgan fingerprint density at radius 2 is 1.68 bits per heavy atom. The molecule has 0 aliphatic rings. The van der Waals surface area contributed by atoms with Crippen molar-refractivity contribution in [3.63, 3.8) is 0 Å². The number of nitrogen functional groups attached to an aromatic ring is 2. The maximum Gasteiger partial charge on any atom is 0.222 e. The summed E-state index contributed by atoms with van der Waals surface area (Å²) >= 11 is 0. The number of benzene rings is 2. The van der Waals surface area contributed by atoms with E-state index in [0.29, 0.717) is 27.9 Å². The highest BCUT2D eigenvalue weighted by Crippen LogP contribution is 2.26. The molecule has 0 fully saturated rings. The molecular weight excluding hydrogens is 314 g/mol. The second-order valence-corrected chi connectivity index (χ2v) is 5.18. The number of nitrogens with zero attached hydrogens (tertiary/aromatic N) is 3. The third-order valence-electron chi connectivity index (χ3n) is 3.40. The zero-order valence-corrected chi connectivity index (χ0v) is 13.1. The Morgan fingerprint density at radius 3 is 2.44 bits per heavy atom. The van der Waals surface area contributed by atoms with E-state index in [1.807, 2.05) is 0 Å². The van der Waals surface area contributed by atoms with Gasteiger partial charge in [-0.1, -0.05) is 30.0 Å². The predicted octanol–water partition coefficient (Wildman–Crippen LogP) is 2.29. The van der Waals surface area contributed by atoms with Crippen LogP contribution in [0, 0.1) is 23.2 Å². The van der Waals surface area contributed by atoms with Crippen molar-refractivity contribution in [3.8, 4) is 34.9 Å². The Kier molecular flexibility index (Phi) is 4.19. The number of anilines is 2. The van der Waals surface area contributed by atoms with Gasteiger partial charge >= 0.3 is 0 Å². The van der Waals surface area contributed by atoms with Gasteiger partial charge in [0.1, 0.15) is 11.6 Å². The van der Waals surface area contributed by atoms with E-state index in [9.17, 15) is 5.11 Å². The average Bonchev–Trinajstić information content (AvgIpc) is 2.60. The van der Waals surface area contributed by atoms with E-state index >= 15 is 0 Å². The van der Waals surface area contributed by atoms with Gasteiger partial charge in [0.15, 0.2) is 0 Å². The third-order valence-corrected chi connectivity index (χ3v) is 3.40. The molecule has 0 radical (unpaired) electrons. The zero-order chi connectivity index (χ0) is 17.8. The lowest BCUT2D eigenvalue weighted by molar-refractivity contribution is 0.475. The highest BCUT2D eigenvalue weighted by Gasteiger charge is 2.12. The Balaban J connectivity index is 2.16. The largest absolute Gasteiger partial charge is 0.508 e. The summed E-state index contributed by atoms with van der Waals surface area (Å²) in [4.78, 5) is 8.19. The molecule has 25 heavy (non-hydrogen) atoms. The van der Waals surface area contributed by atoms with Crippen molar-refractivity contribution in [1.82, 2.24) is 9.97 Å². The molecule has 2 aromatic carbocycles.